The Hall–Kier alpha value is -2.40. The maximum Gasteiger partial charge on any atom is 0.335 e. The Morgan fingerprint density at radius 2 is 2.19 bits per heavy atom. The number of hydrogen-bond acceptors (Lipinski definition) is 6. The number of hydrogen-bond donors (Lipinski definition) is 3. The van der Waals surface area contributed by atoms with Crippen molar-refractivity contribution in [2.24, 2.45) is 0 Å². The van der Waals surface area contributed by atoms with E-state index < -0.39 is 32.7 Å². The topological polar surface area (TPSA) is 138 Å². The molecule has 1 unspecified atom stereocenters. The normalized spacial score (nSPS) is 13.0. The fourth-order valence-electron chi connectivity index (χ4n) is 1.55. The Balaban J connectivity index is 2.29. The first-order chi connectivity index (χ1) is 9.81. The molecule has 0 amide bonds. The number of carbonyl (C=O) groups is 1. The molecule has 21 heavy (non-hydrogen) atoms. The minimum absolute atomic E-state index is 0.0844. The van der Waals surface area contributed by atoms with Gasteiger partial charge in [-0.1, -0.05) is 5.21 Å². The summed E-state index contributed by atoms with van der Waals surface area (Å²) in [6.45, 7) is 1.45. The predicted molar refractivity (Wildman–Crippen MR) is 66.3 cm³/mol. The van der Waals surface area contributed by atoms with Crippen molar-refractivity contribution in [2.45, 2.75) is 17.9 Å². The second kappa shape index (κ2) is 5.54. The van der Waals surface area contributed by atoms with Crippen molar-refractivity contribution in [3.05, 3.63) is 35.4 Å². The molecule has 11 heteroatoms. The van der Waals surface area contributed by atoms with Crippen LogP contribution in [0.15, 0.2) is 23.1 Å². The van der Waals surface area contributed by atoms with Gasteiger partial charge in [0.15, 0.2) is 5.82 Å². The van der Waals surface area contributed by atoms with E-state index in [1.165, 1.54) is 6.92 Å². The summed E-state index contributed by atoms with van der Waals surface area (Å²) in [4.78, 5) is 10.0. The summed E-state index contributed by atoms with van der Waals surface area (Å²) < 4.78 is 40.0. The van der Waals surface area contributed by atoms with Crippen LogP contribution in [-0.4, -0.2) is 40.1 Å². The molecule has 0 aliphatic carbocycles. The number of tetrazole rings is 1. The van der Waals surface area contributed by atoms with Gasteiger partial charge >= 0.3 is 5.97 Å². The molecule has 0 saturated heterocycles. The number of benzene rings is 1. The molecule has 0 saturated carbocycles. The van der Waals surface area contributed by atoms with Crippen LogP contribution >= 0.6 is 0 Å². The third-order valence-electron chi connectivity index (χ3n) is 2.55. The lowest BCUT2D eigenvalue weighted by Crippen LogP contribution is -2.28. The molecule has 0 aliphatic heterocycles. The number of halogens is 1. The molecule has 1 atom stereocenters. The van der Waals surface area contributed by atoms with Gasteiger partial charge in [-0.05, 0) is 25.1 Å². The summed E-state index contributed by atoms with van der Waals surface area (Å²) in [7, 11) is -4.20. The number of H-pyrrole nitrogens is 1. The summed E-state index contributed by atoms with van der Waals surface area (Å²) in [5.41, 5.74) is -0.349. The molecule has 0 aliphatic rings. The first-order valence-electron chi connectivity index (χ1n) is 5.60. The van der Waals surface area contributed by atoms with Gasteiger partial charge in [-0.3, -0.25) is 0 Å². The summed E-state index contributed by atoms with van der Waals surface area (Å²) in [6, 6.07) is 1.67. The van der Waals surface area contributed by atoms with Gasteiger partial charge in [-0.25, -0.2) is 22.3 Å². The molecule has 0 fully saturated rings. The van der Waals surface area contributed by atoms with Gasteiger partial charge in [0.25, 0.3) is 0 Å². The molecule has 2 rings (SSSR count). The van der Waals surface area contributed by atoms with Crippen molar-refractivity contribution in [1.29, 1.82) is 0 Å². The molecule has 0 spiro atoms. The highest BCUT2D eigenvalue weighted by molar-refractivity contribution is 7.89. The molecule has 9 nitrogen and oxygen atoms in total. The highest BCUT2D eigenvalue weighted by Gasteiger charge is 2.24. The summed E-state index contributed by atoms with van der Waals surface area (Å²) >= 11 is 0. The standard InChI is InChI=1S/C10H10FN5O4S/c1-5(9-12-15-16-13-9)14-21(19,20)8-3-2-6(10(17)18)4-7(8)11/h2-5,14H,1H3,(H,17,18)(H,12,13,15,16). The van der Waals surface area contributed by atoms with Gasteiger partial charge in [-0.2, -0.15) is 5.21 Å². The number of carboxylic acid groups (broad SMARTS) is 1. The predicted octanol–water partition coefficient (Wildman–Crippen LogP) is 0.0765. The Kier molecular flexibility index (Phi) is 3.95. The summed E-state index contributed by atoms with van der Waals surface area (Å²) in [5.74, 6) is -2.44. The smallest absolute Gasteiger partial charge is 0.335 e. The van der Waals surface area contributed by atoms with Crippen LogP contribution in [0.3, 0.4) is 0 Å². The van der Waals surface area contributed by atoms with Crippen LogP contribution in [0, 0.1) is 5.82 Å². The fraction of sp³-hybridized carbons (Fsp3) is 0.200. The Morgan fingerprint density at radius 3 is 2.71 bits per heavy atom. The van der Waals surface area contributed by atoms with Crippen LogP contribution < -0.4 is 4.72 Å². The van der Waals surface area contributed by atoms with E-state index in [1.54, 1.807) is 0 Å². The lowest BCUT2D eigenvalue weighted by molar-refractivity contribution is 0.0696. The number of aromatic carboxylic acids is 1. The number of rotatable bonds is 5. The minimum atomic E-state index is -4.20. The zero-order valence-corrected chi connectivity index (χ0v) is 11.4. The maximum atomic E-state index is 13.8. The maximum absolute atomic E-state index is 13.8. The fourth-order valence-corrected chi connectivity index (χ4v) is 2.81. The van der Waals surface area contributed by atoms with Crippen molar-refractivity contribution < 1.29 is 22.7 Å². The third kappa shape index (κ3) is 3.20. The molecule has 1 heterocycles. The van der Waals surface area contributed by atoms with E-state index in [9.17, 15) is 17.6 Å². The average molecular weight is 315 g/mol. The van der Waals surface area contributed by atoms with Crippen LogP contribution in [-0.2, 0) is 10.0 Å². The van der Waals surface area contributed by atoms with Gasteiger partial charge in [-0.15, -0.1) is 10.2 Å². The number of aromatic amines is 1. The van der Waals surface area contributed by atoms with E-state index in [1.807, 2.05) is 0 Å². The molecule has 0 radical (unpaired) electrons. The van der Waals surface area contributed by atoms with E-state index in [2.05, 4.69) is 25.3 Å². The third-order valence-corrected chi connectivity index (χ3v) is 4.12. The molecule has 1 aromatic heterocycles. The molecule has 0 bridgehead atoms. The van der Waals surface area contributed by atoms with Gasteiger partial charge in [0.1, 0.15) is 10.7 Å². The van der Waals surface area contributed by atoms with E-state index in [-0.39, 0.29) is 11.4 Å². The second-order valence-electron chi connectivity index (χ2n) is 4.06. The number of carboxylic acids is 1. The largest absolute Gasteiger partial charge is 0.478 e. The Bertz CT molecular complexity index is 762. The van der Waals surface area contributed by atoms with Crippen LogP contribution in [0.2, 0.25) is 0 Å². The van der Waals surface area contributed by atoms with E-state index in [4.69, 9.17) is 5.11 Å². The minimum Gasteiger partial charge on any atom is -0.478 e. The molecule has 2 aromatic rings. The second-order valence-corrected chi connectivity index (χ2v) is 5.75. The van der Waals surface area contributed by atoms with Crippen LogP contribution in [0.5, 0.6) is 0 Å². The quantitative estimate of drug-likeness (QED) is 0.710. The van der Waals surface area contributed by atoms with Gasteiger partial charge in [0.05, 0.1) is 11.6 Å². The Labute approximate surface area is 118 Å². The van der Waals surface area contributed by atoms with E-state index in [0.717, 1.165) is 12.1 Å². The highest BCUT2D eigenvalue weighted by Crippen LogP contribution is 2.18. The van der Waals surface area contributed by atoms with Crippen molar-refractivity contribution in [3.8, 4) is 0 Å². The Morgan fingerprint density at radius 1 is 1.48 bits per heavy atom. The van der Waals surface area contributed by atoms with E-state index >= 15 is 0 Å². The monoisotopic (exact) mass is 315 g/mol. The molecule has 1 aromatic carbocycles. The van der Waals surface area contributed by atoms with Gasteiger partial charge in [0.2, 0.25) is 10.0 Å². The van der Waals surface area contributed by atoms with Gasteiger partial charge < -0.3 is 5.11 Å². The number of nitrogens with zero attached hydrogens (tertiary/aromatic N) is 3. The van der Waals surface area contributed by atoms with Crippen LogP contribution in [0.25, 0.3) is 0 Å². The number of nitrogens with one attached hydrogen (secondary N) is 2. The zero-order chi connectivity index (χ0) is 15.6. The SMILES string of the molecule is CC(NS(=O)(=O)c1ccc(C(=O)O)cc1F)c1nn[nH]n1. The molecular formula is C10H10FN5O4S. The van der Waals surface area contributed by atoms with Crippen molar-refractivity contribution >= 4 is 16.0 Å². The average Bonchev–Trinajstić information content (AvgIpc) is 2.91. The molecule has 112 valence electrons. The highest BCUT2D eigenvalue weighted by atomic mass is 32.2. The number of aromatic nitrogens is 4. The van der Waals surface area contributed by atoms with Gasteiger partial charge in [0, 0.05) is 0 Å². The zero-order valence-electron chi connectivity index (χ0n) is 10.6. The number of sulfonamides is 1. The summed E-state index contributed by atoms with van der Waals surface area (Å²) in [6.07, 6.45) is 0. The van der Waals surface area contributed by atoms with Crippen molar-refractivity contribution in [2.75, 3.05) is 0 Å². The van der Waals surface area contributed by atoms with Crippen LogP contribution in [0.1, 0.15) is 29.1 Å². The van der Waals surface area contributed by atoms with Crippen molar-refractivity contribution in [3.63, 3.8) is 0 Å². The molecular weight excluding hydrogens is 305 g/mol. The lowest BCUT2D eigenvalue weighted by Gasteiger charge is -2.11. The van der Waals surface area contributed by atoms with Crippen molar-refractivity contribution in [1.82, 2.24) is 25.3 Å². The summed E-state index contributed by atoms with van der Waals surface area (Å²) in [5, 5.41) is 21.4. The first kappa shape index (κ1) is 15.0. The van der Waals surface area contributed by atoms with Crippen LogP contribution in [0.4, 0.5) is 4.39 Å². The molecule has 3 N–H and O–H groups in total. The first-order valence-corrected chi connectivity index (χ1v) is 7.08. The lowest BCUT2D eigenvalue weighted by atomic mass is 10.2. The van der Waals surface area contributed by atoms with E-state index in [0.29, 0.717) is 6.07 Å².